The highest BCUT2D eigenvalue weighted by atomic mass is 16.2. The first-order valence-corrected chi connectivity index (χ1v) is 7.42. The number of aliphatic hydroxyl groups is 1. The highest BCUT2D eigenvalue weighted by molar-refractivity contribution is 5.82. The van der Waals surface area contributed by atoms with Crippen molar-refractivity contribution in [2.24, 2.45) is 0 Å². The molecule has 4 heteroatoms. The van der Waals surface area contributed by atoms with E-state index in [0.29, 0.717) is 0 Å². The number of piperidine rings is 1. The molecular formula is C14H28N2O2. The van der Waals surface area contributed by atoms with Crippen LogP contribution in [0.4, 0.5) is 0 Å². The predicted octanol–water partition coefficient (Wildman–Crippen LogP) is 1.53. The van der Waals surface area contributed by atoms with Gasteiger partial charge in [-0.25, -0.2) is 0 Å². The van der Waals surface area contributed by atoms with Crippen LogP contribution in [0.2, 0.25) is 0 Å². The number of rotatable bonds is 9. The maximum absolute atomic E-state index is 12.2. The molecule has 0 aromatic heterocycles. The van der Waals surface area contributed by atoms with E-state index in [0.717, 1.165) is 64.6 Å². The van der Waals surface area contributed by atoms with E-state index in [1.807, 2.05) is 4.90 Å². The SMILES string of the molecule is CCCNC1CCCN(CCCCCCO)C1=O. The minimum Gasteiger partial charge on any atom is -0.396 e. The minimum atomic E-state index is 0.0520. The molecule has 106 valence electrons. The molecule has 2 N–H and O–H groups in total. The van der Waals surface area contributed by atoms with Crippen molar-refractivity contribution in [3.05, 3.63) is 0 Å². The van der Waals surface area contributed by atoms with E-state index < -0.39 is 0 Å². The fourth-order valence-corrected chi connectivity index (χ4v) is 2.44. The number of unbranched alkanes of at least 4 members (excludes halogenated alkanes) is 3. The van der Waals surface area contributed by atoms with Gasteiger partial charge < -0.3 is 15.3 Å². The zero-order chi connectivity index (χ0) is 13.2. The van der Waals surface area contributed by atoms with Crippen molar-refractivity contribution in [1.82, 2.24) is 10.2 Å². The van der Waals surface area contributed by atoms with E-state index in [1.165, 1.54) is 0 Å². The van der Waals surface area contributed by atoms with Gasteiger partial charge in [-0.15, -0.1) is 0 Å². The molecule has 0 aliphatic carbocycles. The highest BCUT2D eigenvalue weighted by Crippen LogP contribution is 2.13. The van der Waals surface area contributed by atoms with Gasteiger partial charge in [-0.1, -0.05) is 19.8 Å². The summed E-state index contributed by atoms with van der Waals surface area (Å²) in [7, 11) is 0. The molecule has 1 atom stereocenters. The molecule has 1 heterocycles. The normalized spacial score (nSPS) is 20.4. The topological polar surface area (TPSA) is 52.6 Å². The summed E-state index contributed by atoms with van der Waals surface area (Å²) in [5, 5.41) is 12.0. The molecule has 0 saturated carbocycles. The van der Waals surface area contributed by atoms with Crippen LogP contribution in [0, 0.1) is 0 Å². The Morgan fingerprint density at radius 3 is 2.83 bits per heavy atom. The summed E-state index contributed by atoms with van der Waals surface area (Å²) < 4.78 is 0. The lowest BCUT2D eigenvalue weighted by Crippen LogP contribution is -2.51. The molecule has 1 aliphatic rings. The summed E-state index contributed by atoms with van der Waals surface area (Å²) in [4.78, 5) is 14.2. The lowest BCUT2D eigenvalue weighted by atomic mass is 10.0. The maximum atomic E-state index is 12.2. The van der Waals surface area contributed by atoms with Crippen molar-refractivity contribution >= 4 is 5.91 Å². The van der Waals surface area contributed by atoms with Crippen LogP contribution < -0.4 is 5.32 Å². The van der Waals surface area contributed by atoms with Crippen LogP contribution in [0.15, 0.2) is 0 Å². The minimum absolute atomic E-state index is 0.0520. The molecule has 1 saturated heterocycles. The third-order valence-corrected chi connectivity index (χ3v) is 3.51. The summed E-state index contributed by atoms with van der Waals surface area (Å²) >= 11 is 0. The van der Waals surface area contributed by atoms with Crippen LogP contribution in [-0.2, 0) is 4.79 Å². The fraction of sp³-hybridized carbons (Fsp3) is 0.929. The summed E-state index contributed by atoms with van der Waals surface area (Å²) in [6.07, 6.45) is 7.29. The smallest absolute Gasteiger partial charge is 0.239 e. The van der Waals surface area contributed by atoms with Gasteiger partial charge in [0.25, 0.3) is 0 Å². The summed E-state index contributed by atoms with van der Waals surface area (Å²) in [6, 6.07) is 0.0520. The quantitative estimate of drug-likeness (QED) is 0.615. The Labute approximate surface area is 111 Å². The first kappa shape index (κ1) is 15.4. The molecular weight excluding hydrogens is 228 g/mol. The number of hydrogen-bond acceptors (Lipinski definition) is 3. The first-order chi connectivity index (χ1) is 8.79. The van der Waals surface area contributed by atoms with Crippen molar-refractivity contribution < 1.29 is 9.90 Å². The van der Waals surface area contributed by atoms with Crippen LogP contribution >= 0.6 is 0 Å². The van der Waals surface area contributed by atoms with Gasteiger partial charge >= 0.3 is 0 Å². The number of nitrogens with zero attached hydrogens (tertiary/aromatic N) is 1. The molecule has 1 unspecified atom stereocenters. The Balaban J connectivity index is 2.21. The van der Waals surface area contributed by atoms with E-state index >= 15 is 0 Å². The number of carbonyl (C=O) groups excluding carboxylic acids is 1. The average Bonchev–Trinajstić information content (AvgIpc) is 2.39. The van der Waals surface area contributed by atoms with E-state index in [4.69, 9.17) is 5.11 Å². The maximum Gasteiger partial charge on any atom is 0.239 e. The van der Waals surface area contributed by atoms with Crippen molar-refractivity contribution in [1.29, 1.82) is 0 Å². The molecule has 1 amide bonds. The van der Waals surface area contributed by atoms with Gasteiger partial charge in [-0.05, 0) is 38.6 Å². The molecule has 4 nitrogen and oxygen atoms in total. The van der Waals surface area contributed by atoms with Crippen LogP contribution in [0.3, 0.4) is 0 Å². The molecule has 1 fully saturated rings. The molecule has 0 aromatic carbocycles. The monoisotopic (exact) mass is 256 g/mol. The Morgan fingerprint density at radius 2 is 2.11 bits per heavy atom. The van der Waals surface area contributed by atoms with Crippen molar-refractivity contribution in [3.63, 3.8) is 0 Å². The van der Waals surface area contributed by atoms with Gasteiger partial charge in [0, 0.05) is 19.7 Å². The number of carbonyl (C=O) groups is 1. The van der Waals surface area contributed by atoms with E-state index in [9.17, 15) is 4.79 Å². The molecule has 1 rings (SSSR count). The van der Waals surface area contributed by atoms with E-state index in [1.54, 1.807) is 0 Å². The molecule has 0 aromatic rings. The highest BCUT2D eigenvalue weighted by Gasteiger charge is 2.27. The zero-order valence-corrected chi connectivity index (χ0v) is 11.7. The van der Waals surface area contributed by atoms with Gasteiger partial charge in [0.05, 0.1) is 6.04 Å². The second kappa shape index (κ2) is 9.34. The Kier molecular flexibility index (Phi) is 8.01. The molecule has 0 bridgehead atoms. The summed E-state index contributed by atoms with van der Waals surface area (Å²) in [5.74, 6) is 0.289. The van der Waals surface area contributed by atoms with E-state index in [2.05, 4.69) is 12.2 Å². The van der Waals surface area contributed by atoms with E-state index in [-0.39, 0.29) is 18.6 Å². The van der Waals surface area contributed by atoms with Gasteiger partial charge in [0.1, 0.15) is 0 Å². The van der Waals surface area contributed by atoms with Crippen LogP contribution in [0.25, 0.3) is 0 Å². The number of hydrogen-bond donors (Lipinski definition) is 2. The second-order valence-electron chi connectivity index (χ2n) is 5.11. The lowest BCUT2D eigenvalue weighted by Gasteiger charge is -2.32. The Bertz CT molecular complexity index is 234. The summed E-state index contributed by atoms with van der Waals surface area (Å²) in [6.45, 7) is 5.14. The van der Waals surface area contributed by atoms with Crippen LogP contribution in [-0.4, -0.2) is 48.2 Å². The molecule has 0 spiro atoms. The van der Waals surface area contributed by atoms with Crippen LogP contribution in [0.5, 0.6) is 0 Å². The molecule has 18 heavy (non-hydrogen) atoms. The van der Waals surface area contributed by atoms with Crippen molar-refractivity contribution in [2.45, 2.75) is 57.9 Å². The van der Waals surface area contributed by atoms with Crippen molar-refractivity contribution in [3.8, 4) is 0 Å². The van der Waals surface area contributed by atoms with Crippen LogP contribution in [0.1, 0.15) is 51.9 Å². The molecule has 0 radical (unpaired) electrons. The molecule has 1 aliphatic heterocycles. The Hall–Kier alpha value is -0.610. The third-order valence-electron chi connectivity index (χ3n) is 3.51. The number of likely N-dealkylation sites (tertiary alicyclic amines) is 1. The van der Waals surface area contributed by atoms with Gasteiger partial charge in [0.2, 0.25) is 5.91 Å². The average molecular weight is 256 g/mol. The summed E-state index contributed by atoms with van der Waals surface area (Å²) in [5.41, 5.74) is 0. The Morgan fingerprint density at radius 1 is 1.33 bits per heavy atom. The zero-order valence-electron chi connectivity index (χ0n) is 11.7. The van der Waals surface area contributed by atoms with Crippen molar-refractivity contribution in [2.75, 3.05) is 26.2 Å². The lowest BCUT2D eigenvalue weighted by molar-refractivity contribution is -0.136. The second-order valence-corrected chi connectivity index (χ2v) is 5.11. The number of nitrogens with one attached hydrogen (secondary N) is 1. The standard InChI is InChI=1S/C14H28N2O2/c1-2-9-15-13-8-7-11-16(14(13)18)10-5-3-4-6-12-17/h13,15,17H,2-12H2,1H3. The third kappa shape index (κ3) is 5.36. The van der Waals surface area contributed by atoms with Gasteiger partial charge in [-0.2, -0.15) is 0 Å². The van der Waals surface area contributed by atoms with Gasteiger partial charge in [0.15, 0.2) is 0 Å². The predicted molar refractivity (Wildman–Crippen MR) is 73.4 cm³/mol. The first-order valence-electron chi connectivity index (χ1n) is 7.42. The fourth-order valence-electron chi connectivity index (χ4n) is 2.44. The number of aliphatic hydroxyl groups excluding tert-OH is 1. The number of amides is 1. The van der Waals surface area contributed by atoms with Gasteiger partial charge in [-0.3, -0.25) is 4.79 Å². The largest absolute Gasteiger partial charge is 0.396 e.